The fourth-order valence-electron chi connectivity index (χ4n) is 1.50. The summed E-state index contributed by atoms with van der Waals surface area (Å²) in [6.07, 6.45) is 1.40. The van der Waals surface area contributed by atoms with Gasteiger partial charge in [-0.05, 0) is 24.3 Å². The van der Waals surface area contributed by atoms with Gasteiger partial charge in [0.25, 0.3) is 5.91 Å². The van der Waals surface area contributed by atoms with Crippen molar-refractivity contribution >= 4 is 17.6 Å². The van der Waals surface area contributed by atoms with E-state index in [9.17, 15) is 9.59 Å². The molecule has 6 nitrogen and oxygen atoms in total. The number of hydrogen-bond acceptors (Lipinski definition) is 4. The monoisotopic (exact) mass is 271 g/mol. The first-order chi connectivity index (χ1) is 9.65. The minimum absolute atomic E-state index is 0.146. The number of rotatable bonds is 5. The molecule has 3 N–H and O–H groups in total. The minimum atomic E-state index is -0.580. The number of nitrogens with zero attached hydrogens (tertiary/aromatic N) is 1. The second-order valence-electron chi connectivity index (χ2n) is 3.94. The predicted molar refractivity (Wildman–Crippen MR) is 73.3 cm³/mol. The van der Waals surface area contributed by atoms with Crippen molar-refractivity contribution in [1.82, 2.24) is 4.98 Å². The molecule has 2 aromatic rings. The normalized spacial score (nSPS) is 9.80. The van der Waals surface area contributed by atoms with Crippen LogP contribution in [0.3, 0.4) is 0 Å². The molecule has 0 fully saturated rings. The van der Waals surface area contributed by atoms with Crippen LogP contribution in [0.1, 0.15) is 10.4 Å². The lowest BCUT2D eigenvalue weighted by molar-refractivity contribution is -0.118. The highest BCUT2D eigenvalue weighted by atomic mass is 16.5. The number of carbonyl (C=O) groups excluding carboxylic acids is 2. The summed E-state index contributed by atoms with van der Waals surface area (Å²) in [5.41, 5.74) is 5.42. The van der Waals surface area contributed by atoms with Crippen molar-refractivity contribution in [1.29, 1.82) is 0 Å². The SMILES string of the molecule is NC(=O)c1ccnc(NC(=O)COc2ccccc2)c1. The van der Waals surface area contributed by atoms with Gasteiger partial charge in [-0.2, -0.15) is 0 Å². The van der Waals surface area contributed by atoms with Crippen molar-refractivity contribution in [3.63, 3.8) is 0 Å². The number of anilines is 1. The van der Waals surface area contributed by atoms with Crippen molar-refractivity contribution in [2.75, 3.05) is 11.9 Å². The van der Waals surface area contributed by atoms with Crippen LogP contribution in [0.2, 0.25) is 0 Å². The molecule has 0 unspecified atom stereocenters. The van der Waals surface area contributed by atoms with E-state index in [1.807, 2.05) is 18.2 Å². The smallest absolute Gasteiger partial charge is 0.263 e. The van der Waals surface area contributed by atoms with Crippen LogP contribution in [-0.2, 0) is 4.79 Å². The van der Waals surface area contributed by atoms with E-state index in [4.69, 9.17) is 10.5 Å². The second-order valence-corrected chi connectivity index (χ2v) is 3.94. The van der Waals surface area contributed by atoms with Crippen LogP contribution in [0.5, 0.6) is 5.75 Å². The maximum atomic E-state index is 11.7. The Hall–Kier alpha value is -2.89. The van der Waals surface area contributed by atoms with Gasteiger partial charge in [0.05, 0.1) is 0 Å². The minimum Gasteiger partial charge on any atom is -0.484 e. The number of nitrogens with one attached hydrogen (secondary N) is 1. The van der Waals surface area contributed by atoms with Crippen LogP contribution in [0, 0.1) is 0 Å². The Morgan fingerprint density at radius 2 is 1.95 bits per heavy atom. The summed E-state index contributed by atoms with van der Waals surface area (Å²) in [7, 11) is 0. The first-order valence-corrected chi connectivity index (χ1v) is 5.89. The van der Waals surface area contributed by atoms with Crippen LogP contribution < -0.4 is 15.8 Å². The van der Waals surface area contributed by atoms with Gasteiger partial charge < -0.3 is 15.8 Å². The molecule has 1 aromatic heterocycles. The van der Waals surface area contributed by atoms with Gasteiger partial charge in [-0.3, -0.25) is 9.59 Å². The van der Waals surface area contributed by atoms with Gasteiger partial charge in [0.1, 0.15) is 11.6 Å². The van der Waals surface area contributed by atoms with Gasteiger partial charge in [-0.25, -0.2) is 4.98 Å². The summed E-state index contributed by atoms with van der Waals surface area (Å²) >= 11 is 0. The largest absolute Gasteiger partial charge is 0.484 e. The molecule has 6 heteroatoms. The zero-order valence-corrected chi connectivity index (χ0v) is 10.6. The number of hydrogen-bond donors (Lipinski definition) is 2. The standard InChI is InChI=1S/C14H13N3O3/c15-14(19)10-6-7-16-12(8-10)17-13(18)9-20-11-4-2-1-3-5-11/h1-8H,9H2,(H2,15,19)(H,16,17,18). The molecule has 20 heavy (non-hydrogen) atoms. The van der Waals surface area contributed by atoms with Gasteiger partial charge >= 0.3 is 0 Å². The third-order valence-corrected chi connectivity index (χ3v) is 2.43. The molecule has 1 aromatic carbocycles. The van der Waals surface area contributed by atoms with Crippen molar-refractivity contribution in [3.8, 4) is 5.75 Å². The van der Waals surface area contributed by atoms with E-state index in [1.165, 1.54) is 18.3 Å². The molecule has 0 aliphatic rings. The van der Waals surface area contributed by atoms with Crippen LogP contribution in [0.4, 0.5) is 5.82 Å². The fourth-order valence-corrected chi connectivity index (χ4v) is 1.50. The highest BCUT2D eigenvalue weighted by Gasteiger charge is 2.07. The number of benzene rings is 1. The van der Waals surface area contributed by atoms with Gasteiger partial charge in [0.15, 0.2) is 6.61 Å². The van der Waals surface area contributed by atoms with E-state index in [1.54, 1.807) is 12.1 Å². The molecular weight excluding hydrogens is 258 g/mol. The Labute approximate surface area is 115 Å². The molecular formula is C14H13N3O3. The molecule has 0 saturated carbocycles. The first-order valence-electron chi connectivity index (χ1n) is 5.89. The molecule has 0 saturated heterocycles. The summed E-state index contributed by atoms with van der Waals surface area (Å²) < 4.78 is 5.29. The molecule has 0 aliphatic carbocycles. The highest BCUT2D eigenvalue weighted by molar-refractivity contribution is 5.95. The van der Waals surface area contributed by atoms with E-state index in [0.717, 1.165) is 0 Å². The molecule has 1 heterocycles. The van der Waals surface area contributed by atoms with Crippen LogP contribution >= 0.6 is 0 Å². The van der Waals surface area contributed by atoms with Crippen LogP contribution in [-0.4, -0.2) is 23.4 Å². The number of nitrogens with two attached hydrogens (primary N) is 1. The molecule has 0 bridgehead atoms. The molecule has 2 amide bonds. The van der Waals surface area contributed by atoms with Crippen LogP contribution in [0.15, 0.2) is 48.7 Å². The maximum Gasteiger partial charge on any atom is 0.263 e. The number of carbonyl (C=O) groups is 2. The predicted octanol–water partition coefficient (Wildman–Crippen LogP) is 1.20. The van der Waals surface area contributed by atoms with E-state index in [-0.39, 0.29) is 23.9 Å². The van der Waals surface area contributed by atoms with Crippen molar-refractivity contribution in [2.24, 2.45) is 5.73 Å². The van der Waals surface area contributed by atoms with E-state index in [0.29, 0.717) is 5.75 Å². The van der Waals surface area contributed by atoms with E-state index >= 15 is 0 Å². The Morgan fingerprint density at radius 3 is 2.65 bits per heavy atom. The lowest BCUT2D eigenvalue weighted by atomic mass is 10.2. The molecule has 0 spiro atoms. The summed E-state index contributed by atoms with van der Waals surface area (Å²) in [6, 6.07) is 11.8. The van der Waals surface area contributed by atoms with Crippen molar-refractivity contribution in [3.05, 3.63) is 54.2 Å². The van der Waals surface area contributed by atoms with E-state index < -0.39 is 5.91 Å². The van der Waals surface area contributed by atoms with Crippen molar-refractivity contribution in [2.45, 2.75) is 0 Å². The summed E-state index contributed by atoms with van der Waals surface area (Å²) in [6.45, 7) is -0.146. The third-order valence-electron chi connectivity index (χ3n) is 2.43. The lowest BCUT2D eigenvalue weighted by Gasteiger charge is -2.07. The van der Waals surface area contributed by atoms with Crippen LogP contribution in [0.25, 0.3) is 0 Å². The highest BCUT2D eigenvalue weighted by Crippen LogP contribution is 2.09. The number of ether oxygens (including phenoxy) is 1. The summed E-state index contributed by atoms with van der Waals surface area (Å²) in [5.74, 6) is -0.101. The fraction of sp³-hybridized carbons (Fsp3) is 0.0714. The average molecular weight is 271 g/mol. The maximum absolute atomic E-state index is 11.7. The van der Waals surface area contributed by atoms with Gasteiger partial charge in [0.2, 0.25) is 5.91 Å². The summed E-state index contributed by atoms with van der Waals surface area (Å²) in [4.78, 5) is 26.6. The number of pyridine rings is 1. The van der Waals surface area contributed by atoms with Gasteiger partial charge in [-0.15, -0.1) is 0 Å². The zero-order valence-electron chi connectivity index (χ0n) is 10.6. The van der Waals surface area contributed by atoms with E-state index in [2.05, 4.69) is 10.3 Å². The Bertz CT molecular complexity index is 614. The second kappa shape index (κ2) is 6.33. The average Bonchev–Trinajstić information content (AvgIpc) is 2.46. The Balaban J connectivity index is 1.91. The number of aromatic nitrogens is 1. The third kappa shape index (κ3) is 3.81. The lowest BCUT2D eigenvalue weighted by Crippen LogP contribution is -2.21. The van der Waals surface area contributed by atoms with Gasteiger partial charge in [-0.1, -0.05) is 18.2 Å². The topological polar surface area (TPSA) is 94.3 Å². The number of para-hydroxylation sites is 1. The Kier molecular flexibility index (Phi) is 4.28. The molecule has 102 valence electrons. The number of primary amides is 1. The molecule has 0 aliphatic heterocycles. The zero-order chi connectivity index (χ0) is 14.4. The number of amides is 2. The van der Waals surface area contributed by atoms with Gasteiger partial charge in [0, 0.05) is 11.8 Å². The molecule has 0 radical (unpaired) electrons. The first kappa shape index (κ1) is 13.5. The molecule has 0 atom stereocenters. The van der Waals surface area contributed by atoms with Crippen molar-refractivity contribution < 1.29 is 14.3 Å². The quantitative estimate of drug-likeness (QED) is 0.854. The summed E-state index contributed by atoms with van der Waals surface area (Å²) in [5, 5.41) is 2.52. The molecule has 2 rings (SSSR count). The Morgan fingerprint density at radius 1 is 1.20 bits per heavy atom.